The zero-order valence-electron chi connectivity index (χ0n) is 16.5. The first kappa shape index (κ1) is 20.6. The van der Waals surface area contributed by atoms with Crippen molar-refractivity contribution in [3.05, 3.63) is 35.9 Å². The Balaban J connectivity index is 1.47. The van der Waals surface area contributed by atoms with E-state index in [1.165, 1.54) is 25.7 Å². The molecule has 0 radical (unpaired) electrons. The molecule has 1 aromatic rings. The van der Waals surface area contributed by atoms with Crippen LogP contribution in [0.5, 0.6) is 0 Å². The summed E-state index contributed by atoms with van der Waals surface area (Å²) in [5.74, 6) is -0.836. The highest BCUT2D eigenvalue weighted by atomic mass is 16.5. The van der Waals surface area contributed by atoms with Crippen molar-refractivity contribution in [3.8, 4) is 0 Å². The summed E-state index contributed by atoms with van der Waals surface area (Å²) in [6.45, 7) is 1.39. The normalized spacial score (nSPS) is 19.5. The van der Waals surface area contributed by atoms with Crippen molar-refractivity contribution in [2.45, 2.75) is 76.0 Å². The number of carbonyl (C=O) groups excluding carboxylic acids is 1. The Labute approximate surface area is 167 Å². The molecule has 154 valence electrons. The van der Waals surface area contributed by atoms with Crippen LogP contribution in [-0.2, 0) is 16.0 Å². The van der Waals surface area contributed by atoms with Crippen LogP contribution in [0.3, 0.4) is 0 Å². The summed E-state index contributed by atoms with van der Waals surface area (Å²) in [4.78, 5) is 25.5. The number of hydrogen-bond donors (Lipinski definition) is 2. The van der Waals surface area contributed by atoms with E-state index in [-0.39, 0.29) is 24.6 Å². The van der Waals surface area contributed by atoms with Gasteiger partial charge in [0, 0.05) is 25.6 Å². The van der Waals surface area contributed by atoms with E-state index < -0.39 is 5.97 Å². The molecular weight excluding hydrogens is 356 g/mol. The molecule has 2 aliphatic rings. The number of urea groups is 1. The molecule has 0 spiro atoms. The van der Waals surface area contributed by atoms with Gasteiger partial charge < -0.3 is 20.1 Å². The minimum atomic E-state index is -0.836. The van der Waals surface area contributed by atoms with Gasteiger partial charge in [-0.1, -0.05) is 43.2 Å². The maximum absolute atomic E-state index is 12.7. The van der Waals surface area contributed by atoms with Gasteiger partial charge in [-0.2, -0.15) is 0 Å². The Kier molecular flexibility index (Phi) is 7.71. The Bertz CT molecular complexity index is 623. The molecule has 1 atom stereocenters. The second-order valence-electron chi connectivity index (χ2n) is 8.00. The highest BCUT2D eigenvalue weighted by Crippen LogP contribution is 2.25. The van der Waals surface area contributed by atoms with Crippen molar-refractivity contribution in [3.63, 3.8) is 0 Å². The van der Waals surface area contributed by atoms with E-state index in [9.17, 15) is 9.59 Å². The summed E-state index contributed by atoms with van der Waals surface area (Å²) in [6.07, 6.45) is 8.43. The van der Waals surface area contributed by atoms with Crippen LogP contribution in [0, 0.1) is 0 Å². The topological polar surface area (TPSA) is 78.9 Å². The molecule has 1 unspecified atom stereocenters. The van der Waals surface area contributed by atoms with Crippen LogP contribution in [0.25, 0.3) is 0 Å². The summed E-state index contributed by atoms with van der Waals surface area (Å²) >= 11 is 0. The fraction of sp³-hybridized carbons (Fsp3) is 0.636. The van der Waals surface area contributed by atoms with Gasteiger partial charge in [-0.05, 0) is 44.1 Å². The van der Waals surface area contributed by atoms with Gasteiger partial charge in [0.1, 0.15) is 0 Å². The molecule has 1 saturated heterocycles. The number of rotatable bonds is 8. The first-order chi connectivity index (χ1) is 13.6. The first-order valence-corrected chi connectivity index (χ1v) is 10.6. The van der Waals surface area contributed by atoms with E-state index in [1.807, 2.05) is 35.2 Å². The van der Waals surface area contributed by atoms with Crippen LogP contribution in [0.1, 0.15) is 56.9 Å². The molecule has 28 heavy (non-hydrogen) atoms. The Morgan fingerprint density at radius 3 is 2.36 bits per heavy atom. The summed E-state index contributed by atoms with van der Waals surface area (Å²) < 4.78 is 6.18. The molecule has 1 aromatic carbocycles. The molecule has 2 N–H and O–H groups in total. The molecule has 2 amide bonds. The van der Waals surface area contributed by atoms with E-state index in [0.29, 0.717) is 32.0 Å². The van der Waals surface area contributed by atoms with Gasteiger partial charge in [0.2, 0.25) is 0 Å². The third-order valence-corrected chi connectivity index (χ3v) is 5.78. The average Bonchev–Trinajstić information content (AvgIpc) is 3.20. The lowest BCUT2D eigenvalue weighted by Crippen LogP contribution is -2.49. The number of carboxylic acid groups (broad SMARTS) is 1. The van der Waals surface area contributed by atoms with Gasteiger partial charge in [0.25, 0.3) is 0 Å². The number of nitrogens with one attached hydrogen (secondary N) is 1. The molecule has 2 fully saturated rings. The minimum Gasteiger partial charge on any atom is -0.481 e. The van der Waals surface area contributed by atoms with Crippen LogP contribution >= 0.6 is 0 Å². The molecular formula is C22H32N2O4. The van der Waals surface area contributed by atoms with Crippen molar-refractivity contribution in [1.29, 1.82) is 0 Å². The molecule has 1 aliphatic heterocycles. The van der Waals surface area contributed by atoms with Crippen LogP contribution in [0.15, 0.2) is 30.3 Å². The molecule has 3 rings (SSSR count). The fourth-order valence-corrected chi connectivity index (χ4v) is 4.18. The number of nitrogens with zero attached hydrogens (tertiary/aromatic N) is 1. The number of amides is 2. The Morgan fingerprint density at radius 1 is 1.07 bits per heavy atom. The van der Waals surface area contributed by atoms with Crippen molar-refractivity contribution < 1.29 is 19.4 Å². The SMILES string of the molecule is O=C(O)CCC(Cc1ccccc1)NC(=O)N1CCC(OC2CCCC2)CC1. The second-order valence-corrected chi connectivity index (χ2v) is 8.00. The highest BCUT2D eigenvalue weighted by Gasteiger charge is 2.27. The van der Waals surface area contributed by atoms with Gasteiger partial charge in [0.15, 0.2) is 0 Å². The number of aliphatic carboxylic acids is 1. The van der Waals surface area contributed by atoms with Crippen LogP contribution < -0.4 is 5.32 Å². The maximum Gasteiger partial charge on any atom is 0.317 e. The molecule has 0 aromatic heterocycles. The second kappa shape index (κ2) is 10.5. The molecule has 0 bridgehead atoms. The van der Waals surface area contributed by atoms with E-state index in [1.54, 1.807) is 0 Å². The molecule has 1 saturated carbocycles. The van der Waals surface area contributed by atoms with Gasteiger partial charge >= 0.3 is 12.0 Å². The number of hydrogen-bond acceptors (Lipinski definition) is 3. The number of likely N-dealkylation sites (tertiary alicyclic amines) is 1. The monoisotopic (exact) mass is 388 g/mol. The minimum absolute atomic E-state index is 0.0507. The van der Waals surface area contributed by atoms with Crippen LogP contribution in [0.4, 0.5) is 4.79 Å². The summed E-state index contributed by atoms with van der Waals surface area (Å²) in [7, 11) is 0. The molecule has 6 nitrogen and oxygen atoms in total. The smallest absolute Gasteiger partial charge is 0.317 e. The van der Waals surface area contributed by atoms with Gasteiger partial charge in [-0.15, -0.1) is 0 Å². The van der Waals surface area contributed by atoms with E-state index >= 15 is 0 Å². The van der Waals surface area contributed by atoms with Crippen molar-refractivity contribution in [2.24, 2.45) is 0 Å². The predicted octanol–water partition coefficient (Wildman–Crippen LogP) is 3.60. The molecule has 1 heterocycles. The summed E-state index contributed by atoms with van der Waals surface area (Å²) in [5, 5.41) is 12.1. The zero-order valence-corrected chi connectivity index (χ0v) is 16.5. The number of carboxylic acids is 1. The van der Waals surface area contributed by atoms with Gasteiger partial charge in [-0.3, -0.25) is 4.79 Å². The fourth-order valence-electron chi connectivity index (χ4n) is 4.18. The van der Waals surface area contributed by atoms with E-state index in [0.717, 1.165) is 18.4 Å². The van der Waals surface area contributed by atoms with Crippen molar-refractivity contribution >= 4 is 12.0 Å². The lowest BCUT2D eigenvalue weighted by molar-refractivity contribution is -0.137. The van der Waals surface area contributed by atoms with Crippen LogP contribution in [-0.4, -0.2) is 53.3 Å². The first-order valence-electron chi connectivity index (χ1n) is 10.6. The average molecular weight is 389 g/mol. The zero-order chi connectivity index (χ0) is 19.8. The van der Waals surface area contributed by atoms with E-state index in [2.05, 4.69) is 5.32 Å². The largest absolute Gasteiger partial charge is 0.481 e. The van der Waals surface area contributed by atoms with Crippen molar-refractivity contribution in [1.82, 2.24) is 10.2 Å². The number of ether oxygens (including phenoxy) is 1. The quantitative estimate of drug-likeness (QED) is 0.713. The lowest BCUT2D eigenvalue weighted by atomic mass is 10.0. The molecule has 6 heteroatoms. The molecule has 1 aliphatic carbocycles. The predicted molar refractivity (Wildman–Crippen MR) is 107 cm³/mol. The Hall–Kier alpha value is -2.08. The van der Waals surface area contributed by atoms with Gasteiger partial charge in [-0.25, -0.2) is 4.79 Å². The van der Waals surface area contributed by atoms with Crippen LogP contribution in [0.2, 0.25) is 0 Å². The van der Waals surface area contributed by atoms with Gasteiger partial charge in [0.05, 0.1) is 12.2 Å². The number of piperidine rings is 1. The number of carbonyl (C=O) groups is 2. The maximum atomic E-state index is 12.7. The lowest BCUT2D eigenvalue weighted by Gasteiger charge is -2.34. The Morgan fingerprint density at radius 2 is 1.71 bits per heavy atom. The van der Waals surface area contributed by atoms with E-state index in [4.69, 9.17) is 9.84 Å². The third kappa shape index (κ3) is 6.51. The highest BCUT2D eigenvalue weighted by molar-refractivity contribution is 5.75. The summed E-state index contributed by atoms with van der Waals surface area (Å²) in [6, 6.07) is 9.61. The standard InChI is InChI=1S/C22H32N2O4/c25-21(26)11-10-18(16-17-6-2-1-3-7-17)23-22(27)24-14-12-20(13-15-24)28-19-8-4-5-9-19/h1-3,6-7,18-20H,4-5,8-16H2,(H,23,27)(H,25,26). The summed E-state index contributed by atoms with van der Waals surface area (Å²) in [5.41, 5.74) is 1.10. The third-order valence-electron chi connectivity index (χ3n) is 5.78. The van der Waals surface area contributed by atoms with Crippen molar-refractivity contribution in [2.75, 3.05) is 13.1 Å². The number of benzene rings is 1.